The van der Waals surface area contributed by atoms with Gasteiger partial charge in [-0.1, -0.05) is 0 Å². The lowest BCUT2D eigenvalue weighted by molar-refractivity contribution is 0.322. The zero-order chi connectivity index (χ0) is 14.5. The van der Waals surface area contributed by atoms with Gasteiger partial charge in [-0.3, -0.25) is 4.98 Å². The van der Waals surface area contributed by atoms with E-state index in [0.717, 1.165) is 23.1 Å². The van der Waals surface area contributed by atoms with Gasteiger partial charge in [-0.15, -0.1) is 12.4 Å². The molecule has 5 nitrogen and oxygen atoms in total. The molecule has 0 amide bonds. The molecule has 0 bridgehead atoms. The summed E-state index contributed by atoms with van der Waals surface area (Å²) in [7, 11) is 1.55. The molecule has 0 fully saturated rings. The van der Waals surface area contributed by atoms with Gasteiger partial charge >= 0.3 is 6.01 Å². The number of hydrogen-bond acceptors (Lipinski definition) is 5. The van der Waals surface area contributed by atoms with Crippen molar-refractivity contribution in [2.24, 2.45) is 0 Å². The molecule has 114 valence electrons. The molecule has 0 radical (unpaired) electrons. The van der Waals surface area contributed by atoms with E-state index in [0.29, 0.717) is 12.6 Å². The predicted molar refractivity (Wildman–Crippen MR) is 86.8 cm³/mol. The summed E-state index contributed by atoms with van der Waals surface area (Å²) in [6, 6.07) is 10.1. The molecule has 1 aromatic carbocycles. The van der Waals surface area contributed by atoms with Gasteiger partial charge in [0.05, 0.1) is 19.2 Å². The smallest absolute Gasteiger partial charge is 0.316 e. The molecule has 3 rings (SSSR count). The topological polar surface area (TPSA) is 57.1 Å². The highest BCUT2D eigenvalue weighted by atomic mass is 35.5. The summed E-state index contributed by atoms with van der Waals surface area (Å²) in [5.41, 5.74) is 2.01. The number of nitrogens with zero attached hydrogens (tertiary/aromatic N) is 3. The van der Waals surface area contributed by atoms with Crippen molar-refractivity contribution < 1.29 is 9.47 Å². The van der Waals surface area contributed by atoms with E-state index in [1.54, 1.807) is 25.7 Å². The summed E-state index contributed by atoms with van der Waals surface area (Å²) in [5, 5.41) is 0.956. The quantitative estimate of drug-likeness (QED) is 0.724. The normalized spacial score (nSPS) is 10.0. The number of halogens is 1. The molecule has 0 saturated heterocycles. The monoisotopic (exact) mass is 317 g/mol. The van der Waals surface area contributed by atoms with E-state index in [4.69, 9.17) is 9.47 Å². The van der Waals surface area contributed by atoms with Gasteiger partial charge in [0, 0.05) is 36.5 Å². The Morgan fingerprint density at radius 2 is 1.91 bits per heavy atom. The molecule has 0 aliphatic carbocycles. The zero-order valence-electron chi connectivity index (χ0n) is 12.1. The summed E-state index contributed by atoms with van der Waals surface area (Å²) >= 11 is 0. The fourth-order valence-electron chi connectivity index (χ4n) is 2.01. The van der Waals surface area contributed by atoms with Gasteiger partial charge in [0.15, 0.2) is 0 Å². The lowest BCUT2D eigenvalue weighted by Crippen LogP contribution is -2.01. The Kier molecular flexibility index (Phi) is 5.49. The second kappa shape index (κ2) is 7.56. The summed E-state index contributed by atoms with van der Waals surface area (Å²) in [5.74, 6) is 0.789. The minimum absolute atomic E-state index is 0. The lowest BCUT2D eigenvalue weighted by atomic mass is 10.2. The molecule has 0 aliphatic heterocycles. The predicted octanol–water partition coefficient (Wildman–Crippen LogP) is 3.08. The molecular formula is C16H16ClN3O2. The van der Waals surface area contributed by atoms with Gasteiger partial charge in [-0.25, -0.2) is 4.98 Å². The Morgan fingerprint density at radius 3 is 2.68 bits per heavy atom. The molecule has 0 spiro atoms. The highest BCUT2D eigenvalue weighted by Gasteiger charge is 2.02. The maximum atomic E-state index is 5.77. The number of methoxy groups -OCH3 is 1. The highest BCUT2D eigenvalue weighted by Crippen LogP contribution is 2.20. The van der Waals surface area contributed by atoms with Crippen LogP contribution in [-0.2, 0) is 6.42 Å². The first-order valence-corrected chi connectivity index (χ1v) is 6.67. The molecule has 2 heterocycles. The molecule has 3 aromatic rings. The number of ether oxygens (including phenoxy) is 2. The van der Waals surface area contributed by atoms with E-state index < -0.39 is 0 Å². The van der Waals surface area contributed by atoms with Crippen molar-refractivity contribution in [3.8, 4) is 11.8 Å². The number of hydrogen-bond donors (Lipinski definition) is 0. The Morgan fingerprint density at radius 1 is 1.09 bits per heavy atom. The first-order valence-electron chi connectivity index (χ1n) is 6.67. The molecule has 6 heteroatoms. The third kappa shape index (κ3) is 3.83. The minimum atomic E-state index is 0. The fourth-order valence-corrected chi connectivity index (χ4v) is 2.01. The first-order chi connectivity index (χ1) is 10.3. The van der Waals surface area contributed by atoms with Crippen LogP contribution in [-0.4, -0.2) is 28.7 Å². The van der Waals surface area contributed by atoms with E-state index >= 15 is 0 Å². The maximum absolute atomic E-state index is 5.77. The van der Waals surface area contributed by atoms with Gasteiger partial charge < -0.3 is 9.47 Å². The van der Waals surface area contributed by atoms with Crippen molar-refractivity contribution in [3.63, 3.8) is 0 Å². The summed E-state index contributed by atoms with van der Waals surface area (Å²) < 4.78 is 10.8. The van der Waals surface area contributed by atoms with Gasteiger partial charge in [-0.2, -0.15) is 4.98 Å². The van der Waals surface area contributed by atoms with E-state index in [2.05, 4.69) is 15.0 Å². The van der Waals surface area contributed by atoms with Crippen molar-refractivity contribution in [3.05, 3.63) is 54.5 Å². The Balaban J connectivity index is 0.00000176. The van der Waals surface area contributed by atoms with Crippen LogP contribution in [0.25, 0.3) is 10.9 Å². The SMILES string of the molecule is COc1ncc2ccc(OCCc3ccncc3)cc2n1.Cl. The summed E-state index contributed by atoms with van der Waals surface area (Å²) in [6.45, 7) is 0.609. The molecule has 0 N–H and O–H groups in total. The Labute approximate surface area is 134 Å². The second-order valence-electron chi connectivity index (χ2n) is 4.53. The van der Waals surface area contributed by atoms with Crippen molar-refractivity contribution in [2.75, 3.05) is 13.7 Å². The second-order valence-corrected chi connectivity index (χ2v) is 4.53. The largest absolute Gasteiger partial charge is 0.493 e. The van der Waals surface area contributed by atoms with Crippen molar-refractivity contribution in [1.29, 1.82) is 0 Å². The van der Waals surface area contributed by atoms with Gasteiger partial charge in [-0.05, 0) is 29.8 Å². The fraction of sp³-hybridized carbons (Fsp3) is 0.188. The molecule has 0 unspecified atom stereocenters. The third-order valence-corrected chi connectivity index (χ3v) is 3.12. The average molecular weight is 318 g/mol. The van der Waals surface area contributed by atoms with Crippen LogP contribution < -0.4 is 9.47 Å². The molecule has 0 aliphatic rings. The molecule has 0 saturated carbocycles. The number of pyridine rings is 1. The number of benzene rings is 1. The number of fused-ring (bicyclic) bond motifs is 1. The van der Waals surface area contributed by atoms with Crippen LogP contribution in [0.1, 0.15) is 5.56 Å². The maximum Gasteiger partial charge on any atom is 0.316 e. The number of aromatic nitrogens is 3. The first kappa shape index (κ1) is 16.0. The standard InChI is InChI=1S/C16H15N3O2.ClH/c1-20-16-18-11-13-2-3-14(10-15(13)19-16)21-9-6-12-4-7-17-8-5-12;/h2-5,7-8,10-11H,6,9H2,1H3;1H. The van der Waals surface area contributed by atoms with Crippen LogP contribution >= 0.6 is 12.4 Å². The summed E-state index contributed by atoms with van der Waals surface area (Å²) in [4.78, 5) is 12.4. The minimum Gasteiger partial charge on any atom is -0.493 e. The van der Waals surface area contributed by atoms with Gasteiger partial charge in [0.1, 0.15) is 5.75 Å². The molecule has 2 aromatic heterocycles. The summed E-state index contributed by atoms with van der Waals surface area (Å²) in [6.07, 6.45) is 6.15. The molecular weight excluding hydrogens is 302 g/mol. The van der Waals surface area contributed by atoms with E-state index in [-0.39, 0.29) is 12.4 Å². The Bertz CT molecular complexity index is 738. The van der Waals surface area contributed by atoms with Gasteiger partial charge in [0.2, 0.25) is 0 Å². The molecule has 22 heavy (non-hydrogen) atoms. The molecule has 0 atom stereocenters. The number of rotatable bonds is 5. The Hall–Kier alpha value is -2.40. The van der Waals surface area contributed by atoms with E-state index in [9.17, 15) is 0 Å². The zero-order valence-corrected chi connectivity index (χ0v) is 12.9. The van der Waals surface area contributed by atoms with Gasteiger partial charge in [0.25, 0.3) is 0 Å². The highest BCUT2D eigenvalue weighted by molar-refractivity contribution is 5.85. The van der Waals surface area contributed by atoms with Crippen molar-refractivity contribution >= 4 is 23.3 Å². The lowest BCUT2D eigenvalue weighted by Gasteiger charge is -2.07. The van der Waals surface area contributed by atoms with Crippen LogP contribution in [0.5, 0.6) is 11.8 Å². The van der Waals surface area contributed by atoms with Crippen molar-refractivity contribution in [1.82, 2.24) is 15.0 Å². The average Bonchev–Trinajstić information content (AvgIpc) is 2.55. The van der Waals surface area contributed by atoms with Crippen LogP contribution in [0, 0.1) is 0 Å². The van der Waals surface area contributed by atoms with Crippen LogP contribution in [0.3, 0.4) is 0 Å². The van der Waals surface area contributed by atoms with Crippen LogP contribution in [0.2, 0.25) is 0 Å². The van der Waals surface area contributed by atoms with E-state index in [1.807, 2.05) is 30.3 Å². The van der Waals surface area contributed by atoms with Crippen LogP contribution in [0.4, 0.5) is 0 Å². The van der Waals surface area contributed by atoms with E-state index in [1.165, 1.54) is 5.56 Å². The van der Waals surface area contributed by atoms with Crippen molar-refractivity contribution in [2.45, 2.75) is 6.42 Å². The third-order valence-electron chi connectivity index (χ3n) is 3.12. The van der Waals surface area contributed by atoms with Crippen LogP contribution in [0.15, 0.2) is 48.9 Å².